The Balaban J connectivity index is 2.40. The smallest absolute Gasteiger partial charge is 0.309 e. The highest BCUT2D eigenvalue weighted by Crippen LogP contribution is 2.24. The molecule has 4 nitrogen and oxygen atoms in total. The first-order valence-electron chi connectivity index (χ1n) is 6.95. The molecule has 1 aromatic rings. The van der Waals surface area contributed by atoms with Gasteiger partial charge in [-0.15, -0.1) is 0 Å². The first-order valence-corrected chi connectivity index (χ1v) is 6.95. The topological polar surface area (TPSA) is 49.8 Å². The first kappa shape index (κ1) is 16.3. The van der Waals surface area contributed by atoms with Crippen LogP contribution in [0.2, 0.25) is 0 Å². The summed E-state index contributed by atoms with van der Waals surface area (Å²) in [6.07, 6.45) is 2.59. The van der Waals surface area contributed by atoms with Crippen molar-refractivity contribution in [2.24, 2.45) is 5.41 Å². The van der Waals surface area contributed by atoms with Gasteiger partial charge in [-0.1, -0.05) is 12.5 Å². The number of aliphatic carboxylic acids is 1. The predicted octanol–water partition coefficient (Wildman–Crippen LogP) is 3.41. The largest absolute Gasteiger partial charge is 0.497 e. The Kier molecular flexibility index (Phi) is 5.86. The van der Waals surface area contributed by atoms with Crippen LogP contribution in [0.25, 0.3) is 0 Å². The quantitative estimate of drug-likeness (QED) is 0.741. The van der Waals surface area contributed by atoms with Crippen molar-refractivity contribution in [2.45, 2.75) is 33.1 Å². The minimum absolute atomic E-state index is 0.630. The third kappa shape index (κ3) is 4.76. The standard InChI is InChI=1S/C16H25NO3/c1-16(2,15(18)19)10-5-6-11-17(3)13-8-7-9-14(12-13)20-4/h7-9,12H,5-6,10-11H2,1-4H3,(H,18,19). The van der Waals surface area contributed by atoms with E-state index >= 15 is 0 Å². The molecule has 0 bridgehead atoms. The molecule has 0 fully saturated rings. The molecule has 0 saturated heterocycles. The van der Waals surface area contributed by atoms with Crippen LogP contribution in [-0.4, -0.2) is 31.8 Å². The Morgan fingerprint density at radius 3 is 2.65 bits per heavy atom. The summed E-state index contributed by atoms with van der Waals surface area (Å²) in [7, 11) is 3.70. The van der Waals surface area contributed by atoms with E-state index in [0.29, 0.717) is 6.42 Å². The van der Waals surface area contributed by atoms with Gasteiger partial charge in [0.15, 0.2) is 0 Å². The number of nitrogens with zero attached hydrogens (tertiary/aromatic N) is 1. The fourth-order valence-electron chi connectivity index (χ4n) is 2.00. The predicted molar refractivity (Wildman–Crippen MR) is 81.5 cm³/mol. The molecule has 0 heterocycles. The lowest BCUT2D eigenvalue weighted by Gasteiger charge is -2.22. The summed E-state index contributed by atoms with van der Waals surface area (Å²) >= 11 is 0. The van der Waals surface area contributed by atoms with Gasteiger partial charge < -0.3 is 14.7 Å². The van der Waals surface area contributed by atoms with Crippen molar-refractivity contribution in [1.82, 2.24) is 0 Å². The fraction of sp³-hybridized carbons (Fsp3) is 0.562. The molecule has 0 aromatic heterocycles. The molecule has 20 heavy (non-hydrogen) atoms. The average Bonchev–Trinajstić information content (AvgIpc) is 2.43. The van der Waals surface area contributed by atoms with Gasteiger partial charge in [-0.3, -0.25) is 4.79 Å². The van der Waals surface area contributed by atoms with E-state index < -0.39 is 11.4 Å². The van der Waals surface area contributed by atoms with E-state index in [1.165, 1.54) is 0 Å². The van der Waals surface area contributed by atoms with Crippen LogP contribution in [0, 0.1) is 5.41 Å². The zero-order chi connectivity index (χ0) is 15.2. The highest BCUT2D eigenvalue weighted by atomic mass is 16.5. The molecule has 0 radical (unpaired) electrons. The summed E-state index contributed by atoms with van der Waals surface area (Å²) in [6, 6.07) is 7.94. The minimum atomic E-state index is -0.723. The Morgan fingerprint density at radius 1 is 1.35 bits per heavy atom. The van der Waals surface area contributed by atoms with Crippen LogP contribution in [-0.2, 0) is 4.79 Å². The second-order valence-electron chi connectivity index (χ2n) is 5.77. The van der Waals surface area contributed by atoms with E-state index in [2.05, 4.69) is 4.90 Å². The Hall–Kier alpha value is -1.71. The molecule has 0 spiro atoms. The van der Waals surface area contributed by atoms with Gasteiger partial charge in [0.2, 0.25) is 0 Å². The molecule has 0 atom stereocenters. The molecule has 4 heteroatoms. The zero-order valence-corrected chi connectivity index (χ0v) is 12.8. The van der Waals surface area contributed by atoms with Crippen molar-refractivity contribution < 1.29 is 14.6 Å². The van der Waals surface area contributed by atoms with Gasteiger partial charge in [0.1, 0.15) is 5.75 Å². The van der Waals surface area contributed by atoms with E-state index in [-0.39, 0.29) is 0 Å². The summed E-state index contributed by atoms with van der Waals surface area (Å²) in [5.41, 5.74) is 0.482. The Bertz CT molecular complexity index is 443. The van der Waals surface area contributed by atoms with Crippen LogP contribution >= 0.6 is 0 Å². The second kappa shape index (κ2) is 7.17. The molecule has 0 aliphatic carbocycles. The molecule has 0 aliphatic rings. The van der Waals surface area contributed by atoms with E-state index in [1.54, 1.807) is 21.0 Å². The third-order valence-electron chi connectivity index (χ3n) is 3.62. The number of rotatable bonds is 8. The summed E-state index contributed by atoms with van der Waals surface area (Å²) < 4.78 is 5.21. The van der Waals surface area contributed by atoms with E-state index in [9.17, 15) is 4.79 Å². The highest BCUT2D eigenvalue weighted by molar-refractivity contribution is 5.73. The van der Waals surface area contributed by atoms with Crippen molar-refractivity contribution in [3.05, 3.63) is 24.3 Å². The summed E-state index contributed by atoms with van der Waals surface area (Å²) in [5.74, 6) is 0.125. The van der Waals surface area contributed by atoms with Crippen molar-refractivity contribution in [3.63, 3.8) is 0 Å². The van der Waals surface area contributed by atoms with Crippen LogP contribution in [0.4, 0.5) is 5.69 Å². The highest BCUT2D eigenvalue weighted by Gasteiger charge is 2.25. The first-order chi connectivity index (χ1) is 9.36. The van der Waals surface area contributed by atoms with Crippen molar-refractivity contribution in [3.8, 4) is 5.75 Å². The number of carboxylic acids is 1. The van der Waals surface area contributed by atoms with Crippen molar-refractivity contribution in [2.75, 3.05) is 25.6 Å². The molecule has 1 N–H and O–H groups in total. The summed E-state index contributed by atoms with van der Waals surface area (Å²) in [5, 5.41) is 9.06. The monoisotopic (exact) mass is 279 g/mol. The zero-order valence-electron chi connectivity index (χ0n) is 12.8. The molecule has 0 amide bonds. The van der Waals surface area contributed by atoms with Gasteiger partial charge in [0.25, 0.3) is 0 Å². The van der Waals surface area contributed by atoms with E-state index in [0.717, 1.165) is 30.8 Å². The third-order valence-corrected chi connectivity index (χ3v) is 3.62. The number of carbonyl (C=O) groups is 1. The Morgan fingerprint density at radius 2 is 2.05 bits per heavy atom. The normalized spacial score (nSPS) is 11.2. The maximum absolute atomic E-state index is 11.0. The average molecular weight is 279 g/mol. The molecule has 0 aliphatic heterocycles. The van der Waals surface area contributed by atoms with Crippen LogP contribution < -0.4 is 9.64 Å². The number of hydrogen-bond acceptors (Lipinski definition) is 3. The number of hydrogen-bond donors (Lipinski definition) is 1. The molecule has 0 unspecified atom stereocenters. The number of anilines is 1. The molecule has 0 saturated carbocycles. The van der Waals surface area contributed by atoms with E-state index in [1.807, 2.05) is 31.3 Å². The van der Waals surface area contributed by atoms with Crippen molar-refractivity contribution >= 4 is 11.7 Å². The van der Waals surface area contributed by atoms with Crippen LogP contribution in [0.15, 0.2) is 24.3 Å². The lowest BCUT2D eigenvalue weighted by Crippen LogP contribution is -2.24. The minimum Gasteiger partial charge on any atom is -0.497 e. The number of benzene rings is 1. The number of unbranched alkanes of at least 4 members (excludes halogenated alkanes) is 1. The van der Waals surface area contributed by atoms with Gasteiger partial charge in [-0.05, 0) is 38.8 Å². The van der Waals surface area contributed by atoms with Crippen LogP contribution in [0.5, 0.6) is 5.75 Å². The van der Waals surface area contributed by atoms with Crippen LogP contribution in [0.3, 0.4) is 0 Å². The number of ether oxygens (including phenoxy) is 1. The van der Waals surface area contributed by atoms with Crippen LogP contribution in [0.1, 0.15) is 33.1 Å². The van der Waals surface area contributed by atoms with Gasteiger partial charge >= 0.3 is 5.97 Å². The number of methoxy groups -OCH3 is 1. The summed E-state index contributed by atoms with van der Waals surface area (Å²) in [6.45, 7) is 4.46. The van der Waals surface area contributed by atoms with Gasteiger partial charge in [0, 0.05) is 25.3 Å². The van der Waals surface area contributed by atoms with Gasteiger partial charge in [0.05, 0.1) is 12.5 Å². The molecular formula is C16H25NO3. The molecular weight excluding hydrogens is 254 g/mol. The maximum Gasteiger partial charge on any atom is 0.309 e. The SMILES string of the molecule is COc1cccc(N(C)CCCCC(C)(C)C(=O)O)c1. The molecule has 1 rings (SSSR count). The lowest BCUT2D eigenvalue weighted by molar-refractivity contribution is -0.147. The second-order valence-corrected chi connectivity index (χ2v) is 5.77. The molecule has 1 aromatic carbocycles. The van der Waals surface area contributed by atoms with Gasteiger partial charge in [-0.2, -0.15) is 0 Å². The van der Waals surface area contributed by atoms with Gasteiger partial charge in [-0.25, -0.2) is 0 Å². The lowest BCUT2D eigenvalue weighted by atomic mass is 9.87. The number of carboxylic acid groups (broad SMARTS) is 1. The fourth-order valence-corrected chi connectivity index (χ4v) is 2.00. The van der Waals surface area contributed by atoms with E-state index in [4.69, 9.17) is 9.84 Å². The van der Waals surface area contributed by atoms with Crippen molar-refractivity contribution in [1.29, 1.82) is 0 Å². The molecule has 112 valence electrons. The maximum atomic E-state index is 11.0. The summed E-state index contributed by atoms with van der Waals surface area (Å²) in [4.78, 5) is 13.2. The Labute approximate surface area is 121 Å².